The maximum atomic E-state index is 12.3. The summed E-state index contributed by atoms with van der Waals surface area (Å²) >= 11 is 0. The number of aliphatic hydroxyl groups excluding tert-OH is 1. The van der Waals surface area contributed by atoms with Gasteiger partial charge in [0, 0.05) is 17.3 Å². The van der Waals surface area contributed by atoms with Gasteiger partial charge in [0.15, 0.2) is 0 Å². The second-order valence-electron chi connectivity index (χ2n) is 6.69. The average Bonchev–Trinajstić information content (AvgIpc) is 2.73. The lowest BCUT2D eigenvalue weighted by Crippen LogP contribution is -2.37. The molecule has 29 heavy (non-hydrogen) atoms. The van der Waals surface area contributed by atoms with Gasteiger partial charge >= 0.3 is 6.03 Å². The Hall–Kier alpha value is -3.45. The number of aliphatic hydroxyl groups is 1. The summed E-state index contributed by atoms with van der Waals surface area (Å²) in [6.45, 7) is 1.83. The van der Waals surface area contributed by atoms with Crippen LogP contribution in [-0.4, -0.2) is 34.7 Å². The standard InChI is InChI=1S/C22H24N4O3/c1-2-17(14-27)24-20(28)13-15-8-10-18(11-9-15)25-22(29)26-19-7-3-5-16-6-4-12-23-21(16)19/h3-12,17,27H,2,13-14H2,1H3,(H,24,28)(H2,25,26,29)/t17-/m0/s1. The second kappa shape index (κ2) is 9.66. The van der Waals surface area contributed by atoms with Gasteiger partial charge in [-0.2, -0.15) is 0 Å². The number of benzene rings is 2. The molecule has 7 nitrogen and oxygen atoms in total. The summed E-state index contributed by atoms with van der Waals surface area (Å²) < 4.78 is 0. The molecule has 0 aliphatic heterocycles. The molecule has 0 saturated carbocycles. The molecule has 150 valence electrons. The molecule has 0 unspecified atom stereocenters. The lowest BCUT2D eigenvalue weighted by Gasteiger charge is -2.14. The van der Waals surface area contributed by atoms with Crippen LogP contribution in [0.4, 0.5) is 16.2 Å². The van der Waals surface area contributed by atoms with Crippen LogP contribution in [0.3, 0.4) is 0 Å². The summed E-state index contributed by atoms with van der Waals surface area (Å²) in [5, 5.41) is 18.5. The van der Waals surface area contributed by atoms with Crippen molar-refractivity contribution in [1.82, 2.24) is 10.3 Å². The zero-order chi connectivity index (χ0) is 20.6. The summed E-state index contributed by atoms with van der Waals surface area (Å²) in [7, 11) is 0. The highest BCUT2D eigenvalue weighted by Gasteiger charge is 2.10. The van der Waals surface area contributed by atoms with Crippen molar-refractivity contribution in [3.05, 3.63) is 66.4 Å². The second-order valence-corrected chi connectivity index (χ2v) is 6.69. The van der Waals surface area contributed by atoms with Crippen LogP contribution >= 0.6 is 0 Å². The van der Waals surface area contributed by atoms with Crippen molar-refractivity contribution in [3.8, 4) is 0 Å². The van der Waals surface area contributed by atoms with Crippen LogP contribution in [0.25, 0.3) is 10.9 Å². The Morgan fingerprint density at radius 3 is 2.52 bits per heavy atom. The van der Waals surface area contributed by atoms with Gasteiger partial charge in [-0.15, -0.1) is 0 Å². The van der Waals surface area contributed by atoms with E-state index < -0.39 is 0 Å². The Morgan fingerprint density at radius 2 is 1.79 bits per heavy atom. The van der Waals surface area contributed by atoms with Crippen LogP contribution in [0.1, 0.15) is 18.9 Å². The van der Waals surface area contributed by atoms with Gasteiger partial charge in [-0.3, -0.25) is 9.78 Å². The molecule has 7 heteroatoms. The first-order valence-corrected chi connectivity index (χ1v) is 9.50. The first-order valence-electron chi connectivity index (χ1n) is 9.50. The van der Waals surface area contributed by atoms with Gasteiger partial charge in [-0.1, -0.05) is 37.3 Å². The van der Waals surface area contributed by atoms with Crippen LogP contribution < -0.4 is 16.0 Å². The van der Waals surface area contributed by atoms with E-state index in [2.05, 4.69) is 20.9 Å². The van der Waals surface area contributed by atoms with Crippen LogP contribution in [-0.2, 0) is 11.2 Å². The molecule has 0 bridgehead atoms. The molecule has 0 fully saturated rings. The molecule has 1 aromatic heterocycles. The number of carbonyl (C=O) groups is 2. The summed E-state index contributed by atoms with van der Waals surface area (Å²) in [4.78, 5) is 28.7. The molecule has 1 heterocycles. The van der Waals surface area contributed by atoms with Gasteiger partial charge in [0.05, 0.1) is 30.3 Å². The summed E-state index contributed by atoms with van der Waals surface area (Å²) in [6.07, 6.45) is 2.57. The molecule has 3 aromatic rings. The Bertz CT molecular complexity index is 980. The highest BCUT2D eigenvalue weighted by atomic mass is 16.3. The summed E-state index contributed by atoms with van der Waals surface area (Å²) in [6, 6.07) is 15.8. The molecule has 2 aromatic carbocycles. The zero-order valence-corrected chi connectivity index (χ0v) is 16.2. The average molecular weight is 392 g/mol. The number of hydrogen-bond donors (Lipinski definition) is 4. The van der Waals surface area contributed by atoms with E-state index >= 15 is 0 Å². The topological polar surface area (TPSA) is 103 Å². The monoisotopic (exact) mass is 392 g/mol. The van der Waals surface area contributed by atoms with Crippen molar-refractivity contribution in [1.29, 1.82) is 0 Å². The molecule has 3 amide bonds. The van der Waals surface area contributed by atoms with E-state index in [1.54, 1.807) is 36.5 Å². The molecule has 0 spiro atoms. The molecular formula is C22H24N4O3. The maximum absolute atomic E-state index is 12.3. The van der Waals surface area contributed by atoms with Crippen LogP contribution in [0, 0.1) is 0 Å². The summed E-state index contributed by atoms with van der Waals surface area (Å²) in [5.41, 5.74) is 2.78. The first kappa shape index (κ1) is 20.3. The fourth-order valence-electron chi connectivity index (χ4n) is 2.94. The number of nitrogens with zero attached hydrogens (tertiary/aromatic N) is 1. The van der Waals surface area contributed by atoms with Crippen LogP contribution in [0.15, 0.2) is 60.8 Å². The largest absolute Gasteiger partial charge is 0.394 e. The van der Waals surface area contributed by atoms with Crippen molar-refractivity contribution in [3.63, 3.8) is 0 Å². The number of nitrogens with one attached hydrogen (secondary N) is 3. The van der Waals surface area contributed by atoms with E-state index in [0.29, 0.717) is 17.8 Å². The molecule has 0 radical (unpaired) electrons. The third-order valence-electron chi connectivity index (χ3n) is 4.54. The Kier molecular flexibility index (Phi) is 6.76. The number of fused-ring (bicyclic) bond motifs is 1. The Morgan fingerprint density at radius 1 is 1.03 bits per heavy atom. The van der Waals surface area contributed by atoms with E-state index in [0.717, 1.165) is 16.5 Å². The molecule has 0 saturated heterocycles. The molecule has 0 aliphatic carbocycles. The van der Waals surface area contributed by atoms with E-state index in [4.69, 9.17) is 5.11 Å². The molecule has 1 atom stereocenters. The SMILES string of the molecule is CC[C@@H](CO)NC(=O)Cc1ccc(NC(=O)Nc2cccc3cccnc23)cc1. The lowest BCUT2D eigenvalue weighted by molar-refractivity contribution is -0.121. The number of pyridine rings is 1. The minimum atomic E-state index is -0.373. The number of aromatic nitrogens is 1. The highest BCUT2D eigenvalue weighted by molar-refractivity contribution is 6.05. The van der Waals surface area contributed by atoms with Crippen molar-refractivity contribution >= 4 is 34.2 Å². The first-order chi connectivity index (χ1) is 14.1. The fraction of sp³-hybridized carbons (Fsp3) is 0.227. The minimum Gasteiger partial charge on any atom is -0.394 e. The third-order valence-corrected chi connectivity index (χ3v) is 4.54. The van der Waals surface area contributed by atoms with Gasteiger partial charge in [0.2, 0.25) is 5.91 Å². The number of anilines is 2. The minimum absolute atomic E-state index is 0.0770. The van der Waals surface area contributed by atoms with Gasteiger partial charge in [0.1, 0.15) is 0 Å². The zero-order valence-electron chi connectivity index (χ0n) is 16.2. The lowest BCUT2D eigenvalue weighted by atomic mass is 10.1. The fourth-order valence-corrected chi connectivity index (χ4v) is 2.94. The predicted octanol–water partition coefficient (Wildman–Crippen LogP) is 3.31. The van der Waals surface area contributed by atoms with Crippen LogP contribution in [0.5, 0.6) is 0 Å². The number of rotatable bonds is 7. The Balaban J connectivity index is 1.58. The van der Waals surface area contributed by atoms with E-state index in [1.807, 2.05) is 31.2 Å². The van der Waals surface area contributed by atoms with E-state index in [1.165, 1.54) is 0 Å². The van der Waals surface area contributed by atoms with Gasteiger partial charge < -0.3 is 21.1 Å². The number of hydrogen-bond acceptors (Lipinski definition) is 4. The smallest absolute Gasteiger partial charge is 0.323 e. The molecule has 0 aliphatic rings. The summed E-state index contributed by atoms with van der Waals surface area (Å²) in [5.74, 6) is -0.146. The molecular weight excluding hydrogens is 368 g/mol. The molecule has 3 rings (SSSR count). The highest BCUT2D eigenvalue weighted by Crippen LogP contribution is 2.21. The van der Waals surface area contributed by atoms with Gasteiger partial charge in [-0.05, 0) is 36.2 Å². The maximum Gasteiger partial charge on any atom is 0.323 e. The Labute approximate surface area is 169 Å². The predicted molar refractivity (Wildman–Crippen MR) is 114 cm³/mol. The van der Waals surface area contributed by atoms with Crippen molar-refractivity contribution in [2.24, 2.45) is 0 Å². The van der Waals surface area contributed by atoms with Crippen molar-refractivity contribution < 1.29 is 14.7 Å². The quantitative estimate of drug-likeness (QED) is 0.495. The normalized spacial score (nSPS) is 11.7. The number of amides is 3. The van der Waals surface area contributed by atoms with Gasteiger partial charge in [-0.25, -0.2) is 4.79 Å². The number of para-hydroxylation sites is 1. The molecule has 4 N–H and O–H groups in total. The number of urea groups is 1. The van der Waals surface area contributed by atoms with Crippen LogP contribution in [0.2, 0.25) is 0 Å². The van der Waals surface area contributed by atoms with E-state index in [-0.39, 0.29) is 31.0 Å². The number of carbonyl (C=O) groups excluding carboxylic acids is 2. The van der Waals surface area contributed by atoms with Crippen molar-refractivity contribution in [2.75, 3.05) is 17.2 Å². The third kappa shape index (κ3) is 5.52. The van der Waals surface area contributed by atoms with Crippen molar-refractivity contribution in [2.45, 2.75) is 25.8 Å². The van der Waals surface area contributed by atoms with Gasteiger partial charge in [0.25, 0.3) is 0 Å². The van der Waals surface area contributed by atoms with E-state index in [9.17, 15) is 9.59 Å².